The number of carboxylic acid groups (broad SMARTS) is 1. The second kappa shape index (κ2) is 4.25. The van der Waals surface area contributed by atoms with Gasteiger partial charge in [-0.05, 0) is 38.5 Å². The molecule has 1 amide bonds. The zero-order valence-corrected chi connectivity index (χ0v) is 11.6. The molecule has 0 aromatic carbocycles. The maximum atomic E-state index is 12.6. The van der Waals surface area contributed by atoms with Gasteiger partial charge in [-0.1, -0.05) is 13.8 Å². The summed E-state index contributed by atoms with van der Waals surface area (Å²) < 4.78 is 0. The number of nitrogens with zero attached hydrogens (tertiary/aromatic N) is 1. The second-order valence-corrected chi connectivity index (χ2v) is 6.49. The van der Waals surface area contributed by atoms with E-state index < -0.39 is 11.9 Å². The van der Waals surface area contributed by atoms with Crippen LogP contribution in [-0.2, 0) is 9.59 Å². The highest BCUT2D eigenvalue weighted by molar-refractivity contribution is 5.92. The van der Waals surface area contributed by atoms with Crippen LogP contribution in [0.1, 0.15) is 47.0 Å². The molecule has 0 radical (unpaired) electrons. The molecule has 4 heteroatoms. The minimum atomic E-state index is -0.837. The Balaban J connectivity index is 2.15. The fourth-order valence-electron chi connectivity index (χ4n) is 3.58. The number of hydrogen-bond donors (Lipinski definition) is 1. The minimum Gasteiger partial charge on any atom is -0.481 e. The van der Waals surface area contributed by atoms with Gasteiger partial charge >= 0.3 is 5.97 Å². The van der Waals surface area contributed by atoms with Crippen LogP contribution in [-0.4, -0.2) is 34.0 Å². The number of likely N-dealkylation sites (tertiary alicyclic amines) is 1. The van der Waals surface area contributed by atoms with Gasteiger partial charge in [0.2, 0.25) is 5.91 Å². The van der Waals surface area contributed by atoms with E-state index in [1.807, 2.05) is 18.7 Å². The van der Waals surface area contributed by atoms with Crippen LogP contribution in [0.15, 0.2) is 0 Å². The fourth-order valence-corrected chi connectivity index (χ4v) is 3.58. The molecular weight excluding hydrogens is 230 g/mol. The molecule has 102 valence electrons. The first kappa shape index (κ1) is 13.4. The highest BCUT2D eigenvalue weighted by Gasteiger charge is 2.67. The van der Waals surface area contributed by atoms with Crippen LogP contribution in [0.4, 0.5) is 0 Å². The van der Waals surface area contributed by atoms with Gasteiger partial charge in [0.05, 0.1) is 11.8 Å². The third-order valence-corrected chi connectivity index (χ3v) is 4.81. The molecule has 0 aromatic rings. The number of amides is 1. The van der Waals surface area contributed by atoms with Crippen molar-refractivity contribution in [2.24, 2.45) is 17.3 Å². The van der Waals surface area contributed by atoms with Crippen LogP contribution in [0.5, 0.6) is 0 Å². The summed E-state index contributed by atoms with van der Waals surface area (Å²) in [6.45, 7) is 7.90. The monoisotopic (exact) mass is 253 g/mol. The summed E-state index contributed by atoms with van der Waals surface area (Å²) in [6, 6.07) is 0.485. The Kier molecular flexibility index (Phi) is 3.16. The van der Waals surface area contributed by atoms with Crippen molar-refractivity contribution in [1.82, 2.24) is 4.90 Å². The smallest absolute Gasteiger partial charge is 0.307 e. The van der Waals surface area contributed by atoms with Crippen molar-refractivity contribution in [3.8, 4) is 0 Å². The zero-order chi connectivity index (χ0) is 13.7. The summed E-state index contributed by atoms with van der Waals surface area (Å²) in [5, 5.41) is 9.17. The standard InChI is InChI=1S/C14H23NO3/c1-8-6-5-7-9(2)15(8)12(16)10-11(13(17)18)14(10,3)4/h8-11H,5-7H2,1-4H3,(H,17,18)/t8?,9?,10-,11+/m1/s1. The van der Waals surface area contributed by atoms with Gasteiger partial charge in [-0.3, -0.25) is 9.59 Å². The van der Waals surface area contributed by atoms with Gasteiger partial charge in [0.25, 0.3) is 0 Å². The first-order valence-corrected chi connectivity index (χ1v) is 6.83. The van der Waals surface area contributed by atoms with Crippen molar-refractivity contribution >= 4 is 11.9 Å². The number of carbonyl (C=O) groups excluding carboxylic acids is 1. The highest BCUT2D eigenvalue weighted by atomic mass is 16.4. The molecule has 1 aliphatic carbocycles. The predicted octanol–water partition coefficient (Wildman–Crippen LogP) is 2.13. The van der Waals surface area contributed by atoms with Crippen molar-refractivity contribution in [2.45, 2.75) is 59.0 Å². The lowest BCUT2D eigenvalue weighted by atomic mass is 9.96. The lowest BCUT2D eigenvalue weighted by molar-refractivity contribution is -0.144. The van der Waals surface area contributed by atoms with Gasteiger partial charge in [-0.2, -0.15) is 0 Å². The Labute approximate surface area is 108 Å². The molecule has 1 aliphatic heterocycles. The van der Waals surface area contributed by atoms with Crippen LogP contribution in [0.2, 0.25) is 0 Å². The predicted molar refractivity (Wildman–Crippen MR) is 68.0 cm³/mol. The summed E-state index contributed by atoms with van der Waals surface area (Å²) in [7, 11) is 0. The van der Waals surface area contributed by atoms with Crippen LogP contribution in [0.25, 0.3) is 0 Å². The first-order valence-electron chi connectivity index (χ1n) is 6.83. The Bertz CT molecular complexity index is 367. The lowest BCUT2D eigenvalue weighted by Gasteiger charge is -2.39. The van der Waals surface area contributed by atoms with Crippen molar-refractivity contribution in [2.75, 3.05) is 0 Å². The van der Waals surface area contributed by atoms with Crippen molar-refractivity contribution in [3.63, 3.8) is 0 Å². The maximum Gasteiger partial charge on any atom is 0.307 e. The number of aliphatic carboxylic acids is 1. The van der Waals surface area contributed by atoms with Crippen LogP contribution >= 0.6 is 0 Å². The molecule has 1 heterocycles. The average molecular weight is 253 g/mol. The van der Waals surface area contributed by atoms with E-state index in [1.54, 1.807) is 0 Å². The third kappa shape index (κ3) is 1.91. The number of hydrogen-bond acceptors (Lipinski definition) is 2. The molecule has 0 bridgehead atoms. The van der Waals surface area contributed by atoms with Gasteiger partial charge in [0.1, 0.15) is 0 Å². The number of piperidine rings is 1. The van der Waals surface area contributed by atoms with Crippen LogP contribution in [0, 0.1) is 17.3 Å². The van der Waals surface area contributed by atoms with E-state index in [0.29, 0.717) is 0 Å². The summed E-state index contributed by atoms with van der Waals surface area (Å²) in [5.41, 5.74) is -0.389. The Morgan fingerprint density at radius 2 is 1.61 bits per heavy atom. The first-order chi connectivity index (χ1) is 8.28. The van der Waals surface area contributed by atoms with Gasteiger partial charge in [-0.25, -0.2) is 0 Å². The Morgan fingerprint density at radius 1 is 1.11 bits per heavy atom. The van der Waals surface area contributed by atoms with Gasteiger partial charge < -0.3 is 10.0 Å². The van der Waals surface area contributed by atoms with Gasteiger partial charge in [0.15, 0.2) is 0 Å². The molecule has 2 rings (SSSR count). The molecule has 0 aromatic heterocycles. The molecule has 2 aliphatic rings. The molecular formula is C14H23NO3. The summed E-state index contributed by atoms with van der Waals surface area (Å²) in [5.74, 6) is -1.63. The van der Waals surface area contributed by atoms with Crippen molar-refractivity contribution in [3.05, 3.63) is 0 Å². The number of carbonyl (C=O) groups is 2. The summed E-state index contributed by atoms with van der Waals surface area (Å²) >= 11 is 0. The molecule has 18 heavy (non-hydrogen) atoms. The third-order valence-electron chi connectivity index (χ3n) is 4.81. The van der Waals surface area contributed by atoms with Crippen LogP contribution < -0.4 is 0 Å². The summed E-state index contributed by atoms with van der Waals surface area (Å²) in [6.07, 6.45) is 3.21. The zero-order valence-electron chi connectivity index (χ0n) is 11.6. The normalized spacial score (nSPS) is 38.3. The van der Waals surface area contributed by atoms with E-state index in [2.05, 4.69) is 13.8 Å². The van der Waals surface area contributed by atoms with Crippen molar-refractivity contribution in [1.29, 1.82) is 0 Å². The molecule has 2 fully saturated rings. The molecule has 1 N–H and O–H groups in total. The molecule has 2 unspecified atom stereocenters. The van der Waals surface area contributed by atoms with E-state index in [1.165, 1.54) is 0 Å². The van der Waals surface area contributed by atoms with E-state index in [4.69, 9.17) is 5.11 Å². The topological polar surface area (TPSA) is 57.6 Å². The lowest BCUT2D eigenvalue weighted by Crippen LogP contribution is -2.48. The van der Waals surface area contributed by atoms with E-state index in [9.17, 15) is 9.59 Å². The quantitative estimate of drug-likeness (QED) is 0.820. The SMILES string of the molecule is CC1CCCC(C)N1C(=O)[C@H]1[C@@H](C(=O)O)C1(C)C. The Hall–Kier alpha value is -1.06. The maximum absolute atomic E-state index is 12.6. The molecule has 1 saturated heterocycles. The van der Waals surface area contributed by atoms with Crippen LogP contribution in [0.3, 0.4) is 0 Å². The van der Waals surface area contributed by atoms with Crippen molar-refractivity contribution < 1.29 is 14.7 Å². The molecule has 4 nitrogen and oxygen atoms in total. The number of rotatable bonds is 2. The van der Waals surface area contributed by atoms with E-state index in [-0.39, 0.29) is 29.3 Å². The average Bonchev–Trinajstić information content (AvgIpc) is 2.81. The summed E-state index contributed by atoms with van der Waals surface area (Å²) in [4.78, 5) is 25.7. The Morgan fingerprint density at radius 3 is 2.00 bits per heavy atom. The van der Waals surface area contributed by atoms with E-state index in [0.717, 1.165) is 19.3 Å². The van der Waals surface area contributed by atoms with E-state index >= 15 is 0 Å². The van der Waals surface area contributed by atoms with Gasteiger partial charge in [-0.15, -0.1) is 0 Å². The molecule has 4 atom stereocenters. The van der Waals surface area contributed by atoms with Gasteiger partial charge in [0, 0.05) is 12.1 Å². The second-order valence-electron chi connectivity index (χ2n) is 6.49. The minimum absolute atomic E-state index is 0.0482. The molecule has 1 saturated carbocycles. The number of carboxylic acids is 1. The highest BCUT2D eigenvalue weighted by Crippen LogP contribution is 2.59. The largest absolute Gasteiger partial charge is 0.481 e. The fraction of sp³-hybridized carbons (Fsp3) is 0.857. The molecule has 0 spiro atoms.